The van der Waals surface area contributed by atoms with Gasteiger partial charge < -0.3 is 14.8 Å². The van der Waals surface area contributed by atoms with Gasteiger partial charge in [-0.3, -0.25) is 4.79 Å². The highest BCUT2D eigenvalue weighted by Gasteiger charge is 2.21. The number of nitrogens with one attached hydrogen (secondary N) is 1. The van der Waals surface area contributed by atoms with Crippen molar-refractivity contribution in [1.82, 2.24) is 10.3 Å². The van der Waals surface area contributed by atoms with Gasteiger partial charge in [0, 0.05) is 18.4 Å². The van der Waals surface area contributed by atoms with Crippen LogP contribution in [0.15, 0.2) is 42.6 Å². The molecule has 1 atom stereocenters. The molecule has 0 saturated carbocycles. The summed E-state index contributed by atoms with van der Waals surface area (Å²) in [6.45, 7) is 1.17. The zero-order chi connectivity index (χ0) is 16.1. The second-order valence-corrected chi connectivity index (χ2v) is 5.27. The molecule has 2 heterocycles. The van der Waals surface area contributed by atoms with Crippen LogP contribution in [0.1, 0.15) is 22.3 Å². The molecule has 120 valence electrons. The Morgan fingerprint density at radius 3 is 3.00 bits per heavy atom. The fraction of sp³-hybridized carbons (Fsp3) is 0.294. The van der Waals surface area contributed by atoms with Crippen molar-refractivity contribution in [2.75, 3.05) is 13.2 Å². The van der Waals surface area contributed by atoms with Gasteiger partial charge in [-0.15, -0.1) is 0 Å². The summed E-state index contributed by atoms with van der Waals surface area (Å²) < 4.78 is 24.4. The number of carbonyl (C=O) groups is 1. The Morgan fingerprint density at radius 1 is 1.35 bits per heavy atom. The monoisotopic (exact) mass is 316 g/mol. The Labute approximate surface area is 133 Å². The molecule has 0 aliphatic carbocycles. The van der Waals surface area contributed by atoms with Crippen LogP contribution in [0.25, 0.3) is 0 Å². The van der Waals surface area contributed by atoms with E-state index in [1.54, 1.807) is 30.3 Å². The lowest BCUT2D eigenvalue weighted by molar-refractivity contribution is 0.0924. The van der Waals surface area contributed by atoms with Crippen LogP contribution in [-0.2, 0) is 11.3 Å². The number of hydrogen-bond donors (Lipinski definition) is 1. The number of hydrogen-bond acceptors (Lipinski definition) is 4. The van der Waals surface area contributed by atoms with Crippen molar-refractivity contribution in [2.24, 2.45) is 0 Å². The van der Waals surface area contributed by atoms with Gasteiger partial charge >= 0.3 is 0 Å². The summed E-state index contributed by atoms with van der Waals surface area (Å²) in [7, 11) is 0. The number of amides is 1. The number of nitrogens with zero attached hydrogens (tertiary/aromatic N) is 1. The summed E-state index contributed by atoms with van der Waals surface area (Å²) in [6, 6.07) is 9.64. The van der Waals surface area contributed by atoms with Gasteiger partial charge in [-0.2, -0.15) is 0 Å². The van der Waals surface area contributed by atoms with E-state index in [1.807, 2.05) is 0 Å². The molecule has 0 spiro atoms. The summed E-state index contributed by atoms with van der Waals surface area (Å²) in [4.78, 5) is 16.4. The highest BCUT2D eigenvalue weighted by Crippen LogP contribution is 2.18. The fourth-order valence-electron chi connectivity index (χ4n) is 2.35. The molecule has 1 aromatic heterocycles. The minimum atomic E-state index is -0.350. The lowest BCUT2D eigenvalue weighted by Crippen LogP contribution is -2.35. The maximum atomic E-state index is 13.6. The van der Waals surface area contributed by atoms with Crippen LogP contribution in [-0.4, -0.2) is 30.1 Å². The van der Waals surface area contributed by atoms with Gasteiger partial charge in [-0.05, 0) is 24.6 Å². The molecule has 1 N–H and O–H groups in total. The van der Waals surface area contributed by atoms with Crippen molar-refractivity contribution in [1.29, 1.82) is 0 Å². The third-order valence-corrected chi connectivity index (χ3v) is 3.60. The largest absolute Gasteiger partial charge is 0.472 e. The van der Waals surface area contributed by atoms with Gasteiger partial charge in [0.05, 0.1) is 12.6 Å². The van der Waals surface area contributed by atoms with E-state index >= 15 is 0 Å². The predicted octanol–water partition coefficient (Wildman–Crippen LogP) is 2.32. The first kappa shape index (κ1) is 15.4. The van der Waals surface area contributed by atoms with Crippen LogP contribution in [0, 0.1) is 5.82 Å². The molecule has 1 aromatic carbocycles. The average molecular weight is 316 g/mol. The van der Waals surface area contributed by atoms with E-state index < -0.39 is 0 Å². The number of ether oxygens (including phenoxy) is 2. The van der Waals surface area contributed by atoms with Gasteiger partial charge in [-0.25, -0.2) is 9.37 Å². The quantitative estimate of drug-likeness (QED) is 0.919. The first-order valence-corrected chi connectivity index (χ1v) is 7.44. The van der Waals surface area contributed by atoms with E-state index in [4.69, 9.17) is 9.47 Å². The summed E-state index contributed by atoms with van der Waals surface area (Å²) in [6.07, 6.45) is 2.32. The van der Waals surface area contributed by atoms with Crippen LogP contribution in [0.3, 0.4) is 0 Å². The van der Waals surface area contributed by atoms with Crippen LogP contribution in [0.4, 0.5) is 4.39 Å². The molecule has 1 unspecified atom stereocenters. The Kier molecular flexibility index (Phi) is 4.83. The predicted molar refractivity (Wildman–Crippen MR) is 81.7 cm³/mol. The molecule has 1 aliphatic rings. The zero-order valence-electron chi connectivity index (χ0n) is 12.5. The maximum absolute atomic E-state index is 13.6. The molecule has 1 saturated heterocycles. The number of aromatic nitrogens is 1. The normalized spacial score (nSPS) is 17.0. The number of halogens is 1. The van der Waals surface area contributed by atoms with Crippen molar-refractivity contribution in [3.8, 4) is 5.88 Å². The third-order valence-electron chi connectivity index (χ3n) is 3.60. The molecule has 3 rings (SSSR count). The lowest BCUT2D eigenvalue weighted by atomic mass is 10.2. The summed E-state index contributed by atoms with van der Waals surface area (Å²) in [5, 5.41) is 2.89. The molecule has 6 heteroatoms. The fourth-order valence-corrected chi connectivity index (χ4v) is 2.35. The minimum absolute atomic E-state index is 0.00197. The van der Waals surface area contributed by atoms with E-state index in [9.17, 15) is 9.18 Å². The first-order valence-electron chi connectivity index (χ1n) is 7.44. The standard InChI is InChI=1S/C17H17FN2O3/c18-15-6-2-1-4-12(15)10-23-17-14(5-3-8-19-17)16(21)20-13-7-9-22-11-13/h1-6,8,13H,7,9-11H2,(H,20,21). The van der Waals surface area contributed by atoms with Crippen molar-refractivity contribution < 1.29 is 18.7 Å². The van der Waals surface area contributed by atoms with Crippen LogP contribution < -0.4 is 10.1 Å². The number of rotatable bonds is 5. The van der Waals surface area contributed by atoms with Crippen LogP contribution in [0.2, 0.25) is 0 Å². The molecule has 23 heavy (non-hydrogen) atoms. The van der Waals surface area contributed by atoms with Crippen LogP contribution >= 0.6 is 0 Å². The van der Waals surface area contributed by atoms with E-state index in [1.165, 1.54) is 12.3 Å². The molecule has 1 fully saturated rings. The summed E-state index contributed by atoms with van der Waals surface area (Å²) in [5.41, 5.74) is 0.740. The Hall–Kier alpha value is -2.47. The Bertz CT molecular complexity index is 687. The van der Waals surface area contributed by atoms with Crippen molar-refractivity contribution in [3.63, 3.8) is 0 Å². The average Bonchev–Trinajstić information content (AvgIpc) is 3.07. The topological polar surface area (TPSA) is 60.5 Å². The maximum Gasteiger partial charge on any atom is 0.257 e. The molecule has 1 aliphatic heterocycles. The van der Waals surface area contributed by atoms with Gasteiger partial charge in [0.2, 0.25) is 5.88 Å². The third kappa shape index (κ3) is 3.84. The van der Waals surface area contributed by atoms with Gasteiger partial charge in [-0.1, -0.05) is 18.2 Å². The van der Waals surface area contributed by atoms with Gasteiger partial charge in [0.25, 0.3) is 5.91 Å². The molecule has 2 aromatic rings. The Balaban J connectivity index is 1.70. The molecule has 5 nitrogen and oxygen atoms in total. The lowest BCUT2D eigenvalue weighted by Gasteiger charge is -2.13. The highest BCUT2D eigenvalue weighted by atomic mass is 19.1. The van der Waals surface area contributed by atoms with Gasteiger partial charge in [0.15, 0.2) is 0 Å². The van der Waals surface area contributed by atoms with E-state index in [0.29, 0.717) is 24.3 Å². The number of benzene rings is 1. The number of pyridine rings is 1. The zero-order valence-corrected chi connectivity index (χ0v) is 12.5. The van der Waals surface area contributed by atoms with Crippen molar-refractivity contribution in [2.45, 2.75) is 19.1 Å². The smallest absolute Gasteiger partial charge is 0.257 e. The molecule has 0 bridgehead atoms. The summed E-state index contributed by atoms with van der Waals surface area (Å²) >= 11 is 0. The van der Waals surface area contributed by atoms with E-state index in [2.05, 4.69) is 10.3 Å². The molecular formula is C17H17FN2O3. The van der Waals surface area contributed by atoms with E-state index in [-0.39, 0.29) is 30.3 Å². The van der Waals surface area contributed by atoms with Crippen molar-refractivity contribution in [3.05, 3.63) is 59.5 Å². The van der Waals surface area contributed by atoms with Crippen LogP contribution in [0.5, 0.6) is 5.88 Å². The molecular weight excluding hydrogens is 299 g/mol. The highest BCUT2D eigenvalue weighted by molar-refractivity contribution is 5.96. The minimum Gasteiger partial charge on any atom is -0.472 e. The first-order chi connectivity index (χ1) is 11.2. The number of carbonyl (C=O) groups excluding carboxylic acids is 1. The molecule has 0 radical (unpaired) electrons. The SMILES string of the molecule is O=C(NC1CCOC1)c1cccnc1OCc1ccccc1F. The molecule has 1 amide bonds. The van der Waals surface area contributed by atoms with E-state index in [0.717, 1.165) is 6.42 Å². The Morgan fingerprint density at radius 2 is 2.22 bits per heavy atom. The van der Waals surface area contributed by atoms with Gasteiger partial charge in [0.1, 0.15) is 18.0 Å². The summed E-state index contributed by atoms with van der Waals surface area (Å²) in [5.74, 6) is -0.429. The second kappa shape index (κ2) is 7.19. The second-order valence-electron chi connectivity index (χ2n) is 5.27. The van der Waals surface area contributed by atoms with Crippen molar-refractivity contribution >= 4 is 5.91 Å².